The third-order valence-corrected chi connectivity index (χ3v) is 5.34. The summed E-state index contributed by atoms with van der Waals surface area (Å²) < 4.78 is 21.9. The fourth-order valence-electron chi connectivity index (χ4n) is 4.07. The fourth-order valence-corrected chi connectivity index (χ4v) is 4.07. The topological polar surface area (TPSA) is 47.4 Å². The van der Waals surface area contributed by atoms with Crippen LogP contribution >= 0.6 is 0 Å². The summed E-state index contributed by atoms with van der Waals surface area (Å²) in [4.78, 5) is 14.5. The van der Waals surface area contributed by atoms with Gasteiger partial charge in [0.05, 0.1) is 24.0 Å². The van der Waals surface area contributed by atoms with Gasteiger partial charge in [0.2, 0.25) is 0 Å². The minimum atomic E-state index is -0.465. The van der Waals surface area contributed by atoms with Gasteiger partial charge in [-0.15, -0.1) is 0 Å². The van der Waals surface area contributed by atoms with Crippen LogP contribution in [0.25, 0.3) is 0 Å². The Kier molecular flexibility index (Phi) is 4.07. The monoisotopic (exact) mass is 343 g/mol. The molecule has 4 rings (SSSR count). The van der Waals surface area contributed by atoms with Gasteiger partial charge in [-0.05, 0) is 37.0 Å². The van der Waals surface area contributed by atoms with E-state index in [0.717, 1.165) is 19.3 Å². The molecule has 0 N–H and O–H groups in total. The zero-order valence-corrected chi connectivity index (χ0v) is 14.3. The van der Waals surface area contributed by atoms with Crippen molar-refractivity contribution in [2.75, 3.05) is 19.7 Å². The van der Waals surface area contributed by atoms with Gasteiger partial charge in [-0.25, -0.2) is 4.39 Å². The van der Waals surface area contributed by atoms with E-state index in [1.54, 1.807) is 27.8 Å². The van der Waals surface area contributed by atoms with Crippen LogP contribution in [-0.2, 0) is 11.8 Å². The number of nitrogens with zero attached hydrogens (tertiary/aromatic N) is 3. The predicted octanol–water partition coefficient (Wildman–Crippen LogP) is 2.74. The van der Waals surface area contributed by atoms with Crippen molar-refractivity contribution < 1.29 is 13.9 Å². The Morgan fingerprint density at radius 2 is 2.24 bits per heavy atom. The molecular weight excluding hydrogens is 321 g/mol. The Morgan fingerprint density at radius 3 is 3.00 bits per heavy atom. The average Bonchev–Trinajstić information content (AvgIpc) is 3.22. The molecule has 3 heterocycles. The predicted molar refractivity (Wildman–Crippen MR) is 90.8 cm³/mol. The first-order chi connectivity index (χ1) is 12.1. The van der Waals surface area contributed by atoms with Gasteiger partial charge in [0.1, 0.15) is 5.82 Å². The number of benzene rings is 1. The number of piperidine rings is 1. The van der Waals surface area contributed by atoms with Gasteiger partial charge in [-0.3, -0.25) is 9.48 Å². The lowest BCUT2D eigenvalue weighted by Crippen LogP contribution is -2.50. The Balaban J connectivity index is 1.50. The molecule has 0 aliphatic carbocycles. The third kappa shape index (κ3) is 3.06. The minimum absolute atomic E-state index is 0.140. The highest BCUT2D eigenvalue weighted by Crippen LogP contribution is 2.41. The number of carbonyl (C=O) groups is 1. The van der Waals surface area contributed by atoms with Crippen molar-refractivity contribution in [3.05, 3.63) is 53.6 Å². The normalized spacial score (nSPS) is 26.3. The Bertz CT molecular complexity index is 790. The number of aryl methyl sites for hydroxylation is 1. The maximum Gasteiger partial charge on any atom is 0.256 e. The Hall–Kier alpha value is -2.21. The largest absolute Gasteiger partial charge is 0.372 e. The van der Waals surface area contributed by atoms with Gasteiger partial charge >= 0.3 is 0 Å². The number of halogens is 1. The van der Waals surface area contributed by atoms with Crippen molar-refractivity contribution in [2.24, 2.45) is 7.05 Å². The van der Waals surface area contributed by atoms with Crippen LogP contribution in [0.4, 0.5) is 4.39 Å². The molecule has 2 aliphatic rings. The number of ether oxygens (including phenoxy) is 1. The van der Waals surface area contributed by atoms with Crippen LogP contribution in [0.1, 0.15) is 41.1 Å². The van der Waals surface area contributed by atoms with Crippen molar-refractivity contribution in [1.29, 1.82) is 0 Å². The van der Waals surface area contributed by atoms with Crippen molar-refractivity contribution in [1.82, 2.24) is 14.7 Å². The van der Waals surface area contributed by atoms with Crippen LogP contribution in [0.15, 0.2) is 36.7 Å². The van der Waals surface area contributed by atoms with E-state index >= 15 is 0 Å². The second-order valence-corrected chi connectivity index (χ2v) is 7.15. The first-order valence-corrected chi connectivity index (χ1v) is 8.73. The van der Waals surface area contributed by atoms with E-state index < -0.39 is 5.82 Å². The highest BCUT2D eigenvalue weighted by molar-refractivity contribution is 5.94. The lowest BCUT2D eigenvalue weighted by Gasteiger charge is -2.39. The van der Waals surface area contributed by atoms with Crippen LogP contribution in [0, 0.1) is 5.82 Å². The Labute approximate surface area is 146 Å². The quantitative estimate of drug-likeness (QED) is 0.842. The van der Waals surface area contributed by atoms with Gasteiger partial charge in [0.25, 0.3) is 5.91 Å². The molecule has 0 saturated carbocycles. The molecule has 1 aromatic heterocycles. The van der Waals surface area contributed by atoms with Crippen LogP contribution in [-0.4, -0.2) is 45.9 Å². The number of carbonyl (C=O) groups excluding carboxylic acids is 1. The number of hydrogen-bond acceptors (Lipinski definition) is 3. The molecule has 0 radical (unpaired) electrons. The third-order valence-electron chi connectivity index (χ3n) is 5.34. The molecule has 1 amide bonds. The minimum Gasteiger partial charge on any atom is -0.372 e. The van der Waals surface area contributed by atoms with E-state index in [-0.39, 0.29) is 17.1 Å². The standard InChI is InChI=1S/C19H22FN3O2/c1-22-11-15(10-21-22)14-9-19(25-12-14)7-4-8-23(13-19)18(24)16-5-2-3-6-17(16)20/h2-3,5-6,10-11,14H,4,7-9,12-13H2,1H3/t14-,19+/m1/s1. The van der Waals surface area contributed by atoms with Crippen LogP contribution in [0.3, 0.4) is 0 Å². The molecule has 2 fully saturated rings. The molecule has 2 saturated heterocycles. The number of likely N-dealkylation sites (tertiary alicyclic amines) is 1. The molecule has 5 nitrogen and oxygen atoms in total. The van der Waals surface area contributed by atoms with E-state index in [0.29, 0.717) is 25.6 Å². The van der Waals surface area contributed by atoms with Gasteiger partial charge < -0.3 is 9.64 Å². The molecule has 2 aliphatic heterocycles. The molecule has 1 spiro atoms. The van der Waals surface area contributed by atoms with Crippen molar-refractivity contribution in [3.63, 3.8) is 0 Å². The number of hydrogen-bond donors (Lipinski definition) is 0. The SMILES string of the molecule is Cn1cc([C@H]2CO[C@@]3(CCCN(C(=O)c4ccccc4F)C3)C2)cn1. The maximum atomic E-state index is 14.0. The second-order valence-electron chi connectivity index (χ2n) is 7.15. The highest BCUT2D eigenvalue weighted by atomic mass is 19.1. The van der Waals surface area contributed by atoms with E-state index in [1.807, 2.05) is 19.4 Å². The van der Waals surface area contributed by atoms with Crippen molar-refractivity contribution >= 4 is 5.91 Å². The summed E-state index contributed by atoms with van der Waals surface area (Å²) in [7, 11) is 1.91. The van der Waals surface area contributed by atoms with Gasteiger partial charge in [0.15, 0.2) is 0 Å². The van der Waals surface area contributed by atoms with E-state index in [2.05, 4.69) is 5.10 Å². The molecule has 6 heteroatoms. The van der Waals surface area contributed by atoms with E-state index in [9.17, 15) is 9.18 Å². The van der Waals surface area contributed by atoms with Gasteiger partial charge in [0, 0.05) is 32.3 Å². The summed E-state index contributed by atoms with van der Waals surface area (Å²) in [6.07, 6.45) is 6.60. The lowest BCUT2D eigenvalue weighted by molar-refractivity contribution is -0.0448. The molecule has 0 unspecified atom stereocenters. The second kappa shape index (κ2) is 6.26. The van der Waals surface area contributed by atoms with Crippen LogP contribution in [0.5, 0.6) is 0 Å². The summed E-state index contributed by atoms with van der Waals surface area (Å²) in [6.45, 7) is 1.82. The summed E-state index contributed by atoms with van der Waals surface area (Å²) in [5.74, 6) is -0.407. The van der Waals surface area contributed by atoms with Crippen LogP contribution < -0.4 is 0 Å². The number of aromatic nitrogens is 2. The molecule has 2 aromatic rings. The number of rotatable bonds is 2. The zero-order valence-electron chi connectivity index (χ0n) is 14.3. The molecule has 2 atom stereocenters. The first-order valence-electron chi connectivity index (χ1n) is 8.73. The summed E-state index contributed by atoms with van der Waals surface area (Å²) in [5, 5.41) is 4.24. The zero-order chi connectivity index (χ0) is 17.4. The molecular formula is C19H22FN3O2. The van der Waals surface area contributed by atoms with Crippen LogP contribution in [0.2, 0.25) is 0 Å². The van der Waals surface area contributed by atoms with Crippen molar-refractivity contribution in [2.45, 2.75) is 30.8 Å². The number of amides is 1. The smallest absolute Gasteiger partial charge is 0.256 e. The summed E-state index contributed by atoms with van der Waals surface area (Å²) in [5.41, 5.74) is 0.998. The van der Waals surface area contributed by atoms with E-state index in [4.69, 9.17) is 4.74 Å². The van der Waals surface area contributed by atoms with E-state index in [1.165, 1.54) is 11.6 Å². The summed E-state index contributed by atoms with van der Waals surface area (Å²) >= 11 is 0. The molecule has 1 aromatic carbocycles. The van der Waals surface area contributed by atoms with Gasteiger partial charge in [-0.2, -0.15) is 5.10 Å². The lowest BCUT2D eigenvalue weighted by atomic mass is 9.84. The summed E-state index contributed by atoms with van der Waals surface area (Å²) in [6, 6.07) is 6.17. The first kappa shape index (κ1) is 16.3. The molecule has 0 bridgehead atoms. The highest BCUT2D eigenvalue weighted by Gasteiger charge is 2.45. The molecule has 132 valence electrons. The van der Waals surface area contributed by atoms with Gasteiger partial charge in [-0.1, -0.05) is 12.1 Å². The molecule has 25 heavy (non-hydrogen) atoms. The maximum absolute atomic E-state index is 14.0. The fraction of sp³-hybridized carbons (Fsp3) is 0.474. The van der Waals surface area contributed by atoms with Crippen molar-refractivity contribution in [3.8, 4) is 0 Å². The average molecular weight is 343 g/mol. The Morgan fingerprint density at radius 1 is 1.40 bits per heavy atom.